The normalized spacial score (nSPS) is 11.1. The highest BCUT2D eigenvalue weighted by Crippen LogP contribution is 2.28. The van der Waals surface area contributed by atoms with E-state index in [0.717, 1.165) is 15.6 Å². The second kappa shape index (κ2) is 9.97. The summed E-state index contributed by atoms with van der Waals surface area (Å²) in [5.74, 6) is 0.0867. The standard InChI is InChI=1S/C25H18Br2N2O3/c26-19-9-10-23(30)21(13-19)25(31)29-28-14-16-8-11-24(22(27)12-16)32-15-18-6-3-5-17-4-1-2-7-20(17)18/h1-14,30H,15H2,(H,29,31)/b28-14-. The molecule has 0 aliphatic heterocycles. The molecule has 0 heterocycles. The number of hydrazone groups is 1. The quantitative estimate of drug-likeness (QED) is 0.214. The summed E-state index contributed by atoms with van der Waals surface area (Å²) in [6.07, 6.45) is 1.52. The fourth-order valence-electron chi connectivity index (χ4n) is 3.20. The summed E-state index contributed by atoms with van der Waals surface area (Å²) in [4.78, 5) is 12.2. The van der Waals surface area contributed by atoms with E-state index < -0.39 is 5.91 Å². The molecule has 0 saturated carbocycles. The van der Waals surface area contributed by atoms with Crippen molar-refractivity contribution in [3.05, 3.63) is 104 Å². The molecular formula is C25H18Br2N2O3. The first-order valence-electron chi connectivity index (χ1n) is 9.72. The van der Waals surface area contributed by atoms with E-state index >= 15 is 0 Å². The number of phenols is 1. The molecule has 0 aliphatic carbocycles. The molecule has 160 valence electrons. The minimum Gasteiger partial charge on any atom is -0.507 e. The van der Waals surface area contributed by atoms with Crippen molar-refractivity contribution in [3.8, 4) is 11.5 Å². The molecule has 5 nitrogen and oxygen atoms in total. The zero-order chi connectivity index (χ0) is 22.5. The van der Waals surface area contributed by atoms with Gasteiger partial charge < -0.3 is 9.84 Å². The van der Waals surface area contributed by atoms with E-state index in [1.165, 1.54) is 29.1 Å². The lowest BCUT2D eigenvalue weighted by molar-refractivity contribution is 0.0952. The molecule has 0 fully saturated rings. The number of aromatic hydroxyl groups is 1. The molecule has 32 heavy (non-hydrogen) atoms. The Morgan fingerprint density at radius 1 is 1.00 bits per heavy atom. The minimum atomic E-state index is -0.505. The molecule has 0 spiro atoms. The van der Waals surface area contributed by atoms with E-state index in [4.69, 9.17) is 4.74 Å². The first-order valence-corrected chi connectivity index (χ1v) is 11.3. The van der Waals surface area contributed by atoms with E-state index in [9.17, 15) is 9.90 Å². The monoisotopic (exact) mass is 552 g/mol. The molecule has 0 radical (unpaired) electrons. The first-order chi connectivity index (χ1) is 15.5. The van der Waals surface area contributed by atoms with E-state index in [2.05, 4.69) is 66.7 Å². The van der Waals surface area contributed by atoms with Gasteiger partial charge in [-0.2, -0.15) is 5.10 Å². The van der Waals surface area contributed by atoms with E-state index in [0.29, 0.717) is 16.8 Å². The number of carbonyl (C=O) groups excluding carboxylic acids is 1. The Hall–Kier alpha value is -3.16. The molecular weight excluding hydrogens is 536 g/mol. The Bertz CT molecular complexity index is 1320. The number of carbonyl (C=O) groups is 1. The van der Waals surface area contributed by atoms with Crippen molar-refractivity contribution in [1.29, 1.82) is 0 Å². The van der Waals surface area contributed by atoms with Crippen molar-refractivity contribution in [2.75, 3.05) is 0 Å². The van der Waals surface area contributed by atoms with E-state index in [1.54, 1.807) is 6.07 Å². The molecule has 4 rings (SSSR count). The van der Waals surface area contributed by atoms with Crippen LogP contribution in [0.4, 0.5) is 0 Å². The van der Waals surface area contributed by atoms with Gasteiger partial charge in [-0.1, -0.05) is 58.4 Å². The van der Waals surface area contributed by atoms with Gasteiger partial charge in [-0.3, -0.25) is 4.79 Å². The highest BCUT2D eigenvalue weighted by Gasteiger charge is 2.11. The molecule has 0 unspecified atom stereocenters. The van der Waals surface area contributed by atoms with Crippen LogP contribution in [0.15, 0.2) is 92.9 Å². The van der Waals surface area contributed by atoms with Gasteiger partial charge in [0.2, 0.25) is 0 Å². The van der Waals surface area contributed by atoms with Crippen LogP contribution in [0, 0.1) is 0 Å². The second-order valence-electron chi connectivity index (χ2n) is 6.98. The minimum absolute atomic E-state index is 0.114. The molecule has 7 heteroatoms. The van der Waals surface area contributed by atoms with E-state index in [1.807, 2.05) is 36.4 Å². The third-order valence-corrected chi connectivity index (χ3v) is 5.91. The van der Waals surface area contributed by atoms with Crippen LogP contribution in [-0.4, -0.2) is 17.2 Å². The van der Waals surface area contributed by atoms with Gasteiger partial charge in [0.05, 0.1) is 16.3 Å². The van der Waals surface area contributed by atoms with Crippen LogP contribution in [0.5, 0.6) is 11.5 Å². The summed E-state index contributed by atoms with van der Waals surface area (Å²) >= 11 is 6.81. The predicted octanol–water partition coefficient (Wildman–Crippen LogP) is 6.41. The number of halogens is 2. The molecule has 2 N–H and O–H groups in total. The van der Waals surface area contributed by atoms with Gasteiger partial charge in [-0.25, -0.2) is 5.43 Å². The van der Waals surface area contributed by atoms with Gasteiger partial charge >= 0.3 is 0 Å². The highest BCUT2D eigenvalue weighted by atomic mass is 79.9. The lowest BCUT2D eigenvalue weighted by atomic mass is 10.1. The zero-order valence-electron chi connectivity index (χ0n) is 16.8. The lowest BCUT2D eigenvalue weighted by Crippen LogP contribution is -2.17. The average molecular weight is 554 g/mol. The van der Waals surface area contributed by atoms with Crippen molar-refractivity contribution in [2.24, 2.45) is 5.10 Å². The predicted molar refractivity (Wildman–Crippen MR) is 133 cm³/mol. The van der Waals surface area contributed by atoms with Crippen LogP contribution in [0.3, 0.4) is 0 Å². The van der Waals surface area contributed by atoms with Gasteiger partial charge in [-0.05, 0) is 74.2 Å². The van der Waals surface area contributed by atoms with Crippen molar-refractivity contribution < 1.29 is 14.6 Å². The van der Waals surface area contributed by atoms with Crippen LogP contribution >= 0.6 is 31.9 Å². The SMILES string of the molecule is O=C(N/N=C\c1ccc(OCc2cccc3ccccc23)c(Br)c1)c1cc(Br)ccc1O. The number of nitrogens with one attached hydrogen (secondary N) is 1. The van der Waals surface area contributed by atoms with E-state index in [-0.39, 0.29) is 11.3 Å². The Balaban J connectivity index is 1.40. The molecule has 0 atom stereocenters. The number of ether oxygens (including phenoxy) is 1. The lowest BCUT2D eigenvalue weighted by Gasteiger charge is -2.11. The van der Waals surface area contributed by atoms with Gasteiger partial charge in [0.1, 0.15) is 18.1 Å². The summed E-state index contributed by atoms with van der Waals surface area (Å²) < 4.78 is 7.48. The third-order valence-electron chi connectivity index (χ3n) is 4.80. The van der Waals surface area contributed by atoms with Crippen LogP contribution in [0.2, 0.25) is 0 Å². The number of fused-ring (bicyclic) bond motifs is 1. The number of nitrogens with zero attached hydrogens (tertiary/aromatic N) is 1. The molecule has 0 saturated heterocycles. The van der Waals surface area contributed by atoms with Crippen molar-refractivity contribution in [2.45, 2.75) is 6.61 Å². The summed E-state index contributed by atoms with van der Waals surface area (Å²) in [6, 6.07) is 24.5. The first kappa shape index (κ1) is 22.0. The Labute approximate surface area is 202 Å². The largest absolute Gasteiger partial charge is 0.507 e. The molecule has 0 aliphatic rings. The second-order valence-corrected chi connectivity index (χ2v) is 8.75. The fraction of sp³-hybridized carbons (Fsp3) is 0.0400. The smallest absolute Gasteiger partial charge is 0.275 e. The van der Waals surface area contributed by atoms with Gasteiger partial charge in [0.25, 0.3) is 5.91 Å². The summed E-state index contributed by atoms with van der Waals surface area (Å²) in [5, 5.41) is 16.1. The maximum absolute atomic E-state index is 12.2. The zero-order valence-corrected chi connectivity index (χ0v) is 19.9. The van der Waals surface area contributed by atoms with Gasteiger partial charge in [-0.15, -0.1) is 0 Å². The van der Waals surface area contributed by atoms with Crippen LogP contribution in [-0.2, 0) is 6.61 Å². The van der Waals surface area contributed by atoms with Crippen molar-refractivity contribution in [1.82, 2.24) is 5.43 Å². The number of amides is 1. The molecule has 4 aromatic carbocycles. The third kappa shape index (κ3) is 5.18. The summed E-state index contributed by atoms with van der Waals surface area (Å²) in [7, 11) is 0. The van der Waals surface area contributed by atoms with Crippen molar-refractivity contribution >= 4 is 54.8 Å². The fourth-order valence-corrected chi connectivity index (χ4v) is 4.08. The maximum atomic E-state index is 12.2. The molecule has 0 bridgehead atoms. The van der Waals surface area contributed by atoms with Crippen molar-refractivity contribution in [3.63, 3.8) is 0 Å². The number of hydrogen-bond acceptors (Lipinski definition) is 4. The molecule has 1 amide bonds. The summed E-state index contributed by atoms with van der Waals surface area (Å²) in [6.45, 7) is 0.444. The van der Waals surface area contributed by atoms with Crippen LogP contribution in [0.1, 0.15) is 21.5 Å². The Morgan fingerprint density at radius 3 is 2.66 bits per heavy atom. The highest BCUT2D eigenvalue weighted by molar-refractivity contribution is 9.10. The maximum Gasteiger partial charge on any atom is 0.275 e. The van der Waals surface area contributed by atoms with Gasteiger partial charge in [0, 0.05) is 4.47 Å². The molecule has 4 aromatic rings. The van der Waals surface area contributed by atoms with Crippen LogP contribution < -0.4 is 10.2 Å². The average Bonchev–Trinajstić information content (AvgIpc) is 2.80. The summed E-state index contributed by atoms with van der Waals surface area (Å²) in [5.41, 5.74) is 4.43. The Morgan fingerprint density at radius 2 is 1.81 bits per heavy atom. The number of benzene rings is 4. The topological polar surface area (TPSA) is 70.9 Å². The van der Waals surface area contributed by atoms with Gasteiger partial charge in [0.15, 0.2) is 0 Å². The van der Waals surface area contributed by atoms with Crippen LogP contribution in [0.25, 0.3) is 10.8 Å². The number of phenolic OH excluding ortho intramolecular Hbond substituents is 1. The number of hydrogen-bond donors (Lipinski definition) is 2. The Kier molecular flexibility index (Phi) is 6.87. The molecule has 0 aromatic heterocycles. The number of rotatable bonds is 6.